The molecule has 3 heteroatoms. The van der Waals surface area contributed by atoms with Crippen LogP contribution >= 0.6 is 0 Å². The molecule has 0 unspecified atom stereocenters. The molecule has 0 fully saturated rings. The van der Waals surface area contributed by atoms with E-state index in [0.29, 0.717) is 11.1 Å². The van der Waals surface area contributed by atoms with Crippen molar-refractivity contribution < 1.29 is 9.59 Å². The largest absolute Gasteiger partial charge is 0.311 e. The van der Waals surface area contributed by atoms with E-state index in [1.54, 1.807) is 6.08 Å². The van der Waals surface area contributed by atoms with Gasteiger partial charge in [0.05, 0.1) is 5.57 Å². The number of hydrogen-bond donors (Lipinski definition) is 0. The number of carbonyl (C=O) groups is 2. The SMILES string of the molecule is O=C1C(=Cc2ccc(N(c3ccc(-c4ccc5ccccc5c4)cc3)c3ccc(-c4ccc5ccccc5c4)cc3)cc2)C(=O)c2cc3ccccc3cc21. The Morgan fingerprint density at radius 3 is 1.09 bits per heavy atom. The molecule has 0 spiro atoms. The zero-order chi connectivity index (χ0) is 36.9. The van der Waals surface area contributed by atoms with Gasteiger partial charge in [-0.2, -0.15) is 0 Å². The second-order valence-corrected chi connectivity index (χ2v) is 14.1. The minimum Gasteiger partial charge on any atom is -0.311 e. The lowest BCUT2D eigenvalue weighted by atomic mass is 10.00. The maximum absolute atomic E-state index is 13.5. The number of benzene rings is 9. The number of hydrogen-bond acceptors (Lipinski definition) is 3. The molecule has 1 aliphatic rings. The van der Waals surface area contributed by atoms with Crippen molar-refractivity contribution in [3.05, 3.63) is 216 Å². The minimum absolute atomic E-state index is 0.198. The van der Waals surface area contributed by atoms with Crippen LogP contribution in [0.3, 0.4) is 0 Å². The molecule has 0 bridgehead atoms. The second-order valence-electron chi connectivity index (χ2n) is 14.1. The Hall–Kier alpha value is -7.36. The smallest absolute Gasteiger partial charge is 0.197 e. The van der Waals surface area contributed by atoms with Crippen molar-refractivity contribution in [3.8, 4) is 22.3 Å². The van der Waals surface area contributed by atoms with Crippen LogP contribution in [0, 0.1) is 0 Å². The first-order valence-corrected chi connectivity index (χ1v) is 18.5. The molecule has 0 aliphatic heterocycles. The molecule has 0 heterocycles. The molecule has 0 atom stereocenters. The Morgan fingerprint density at radius 1 is 0.327 bits per heavy atom. The van der Waals surface area contributed by atoms with Gasteiger partial charge in [-0.3, -0.25) is 9.59 Å². The van der Waals surface area contributed by atoms with Gasteiger partial charge >= 0.3 is 0 Å². The van der Waals surface area contributed by atoms with Gasteiger partial charge in [-0.05, 0) is 127 Å². The Labute approximate surface area is 319 Å². The standard InChI is InChI=1S/C52H33NO2/c54-51-48-32-41-11-5-6-12-42(41)33-49(48)52(55)50(51)29-34-13-23-45(24-14-34)53(46-25-19-37(20-26-46)43-17-15-35-7-1-3-9-39(35)30-43)47-27-21-38(22-28-47)44-18-16-36-8-2-4-10-40(36)31-44/h1-33H. The summed E-state index contributed by atoms with van der Waals surface area (Å²) in [6.07, 6.45) is 1.72. The van der Waals surface area contributed by atoms with Gasteiger partial charge in [0.25, 0.3) is 0 Å². The van der Waals surface area contributed by atoms with E-state index in [2.05, 4.69) is 138 Å². The van der Waals surface area contributed by atoms with Gasteiger partial charge in [-0.1, -0.05) is 133 Å². The number of allylic oxidation sites excluding steroid dienone is 1. The molecular weight excluding hydrogens is 671 g/mol. The van der Waals surface area contributed by atoms with Crippen LogP contribution in [-0.4, -0.2) is 11.6 Å². The third-order valence-corrected chi connectivity index (χ3v) is 10.7. The Kier molecular flexibility index (Phi) is 7.78. The zero-order valence-electron chi connectivity index (χ0n) is 29.8. The quantitative estimate of drug-likeness (QED) is 0.128. The normalized spacial score (nSPS) is 12.4. The minimum atomic E-state index is -0.227. The highest BCUT2D eigenvalue weighted by Crippen LogP contribution is 2.38. The summed E-state index contributed by atoms with van der Waals surface area (Å²) in [6, 6.07) is 66.9. The molecule has 3 nitrogen and oxygen atoms in total. The molecule has 10 rings (SSSR count). The molecule has 1 aliphatic carbocycles. The predicted molar refractivity (Wildman–Crippen MR) is 228 cm³/mol. The van der Waals surface area contributed by atoms with Crippen LogP contribution in [0.25, 0.3) is 60.6 Å². The second kappa shape index (κ2) is 13.2. The Bertz CT molecular complexity index is 2810. The van der Waals surface area contributed by atoms with Crippen LogP contribution in [-0.2, 0) is 0 Å². The topological polar surface area (TPSA) is 37.4 Å². The lowest BCUT2D eigenvalue weighted by Crippen LogP contribution is -2.10. The van der Waals surface area contributed by atoms with Gasteiger partial charge in [0.2, 0.25) is 0 Å². The summed E-state index contributed by atoms with van der Waals surface area (Å²) in [5, 5.41) is 6.77. The van der Waals surface area contributed by atoms with Gasteiger partial charge in [-0.15, -0.1) is 0 Å². The molecule has 0 N–H and O–H groups in total. The van der Waals surface area contributed by atoms with Crippen molar-refractivity contribution in [2.45, 2.75) is 0 Å². The molecule has 0 saturated heterocycles. The average molecular weight is 704 g/mol. The molecule has 9 aromatic rings. The Morgan fingerprint density at radius 2 is 0.673 bits per heavy atom. The van der Waals surface area contributed by atoms with Crippen molar-refractivity contribution >= 4 is 67.0 Å². The zero-order valence-corrected chi connectivity index (χ0v) is 29.8. The highest BCUT2D eigenvalue weighted by atomic mass is 16.2. The van der Waals surface area contributed by atoms with E-state index < -0.39 is 0 Å². The van der Waals surface area contributed by atoms with Crippen LogP contribution in [0.2, 0.25) is 0 Å². The van der Waals surface area contributed by atoms with E-state index in [1.165, 1.54) is 32.7 Å². The van der Waals surface area contributed by atoms with Crippen LogP contribution in [0.15, 0.2) is 200 Å². The number of anilines is 3. The van der Waals surface area contributed by atoms with Gasteiger partial charge in [0.1, 0.15) is 0 Å². The van der Waals surface area contributed by atoms with Crippen molar-refractivity contribution in [1.29, 1.82) is 0 Å². The van der Waals surface area contributed by atoms with Gasteiger partial charge in [0.15, 0.2) is 11.6 Å². The third-order valence-electron chi connectivity index (χ3n) is 10.7. The summed E-state index contributed by atoms with van der Waals surface area (Å²) in [4.78, 5) is 29.2. The molecular formula is C52H33NO2. The molecule has 258 valence electrons. The lowest BCUT2D eigenvalue weighted by Gasteiger charge is -2.26. The summed E-state index contributed by atoms with van der Waals surface area (Å²) in [5.41, 5.74) is 9.52. The maximum atomic E-state index is 13.5. The van der Waals surface area contributed by atoms with E-state index in [4.69, 9.17) is 0 Å². The van der Waals surface area contributed by atoms with E-state index in [1.807, 2.05) is 60.7 Å². The van der Waals surface area contributed by atoms with E-state index in [-0.39, 0.29) is 17.1 Å². The molecule has 55 heavy (non-hydrogen) atoms. The monoisotopic (exact) mass is 703 g/mol. The predicted octanol–water partition coefficient (Wildman–Crippen LogP) is 13.4. The first-order chi connectivity index (χ1) is 27.1. The van der Waals surface area contributed by atoms with Gasteiger partial charge < -0.3 is 4.90 Å². The molecule has 0 aromatic heterocycles. The summed E-state index contributed by atoms with van der Waals surface area (Å²) < 4.78 is 0. The van der Waals surface area contributed by atoms with Crippen LogP contribution in [0.1, 0.15) is 26.3 Å². The van der Waals surface area contributed by atoms with Gasteiger partial charge in [-0.25, -0.2) is 0 Å². The van der Waals surface area contributed by atoms with Crippen molar-refractivity contribution in [2.75, 3.05) is 4.90 Å². The lowest BCUT2D eigenvalue weighted by molar-refractivity contribution is 0.0990. The van der Waals surface area contributed by atoms with E-state index in [0.717, 1.165) is 44.5 Å². The van der Waals surface area contributed by atoms with Crippen molar-refractivity contribution in [1.82, 2.24) is 0 Å². The van der Waals surface area contributed by atoms with Crippen LogP contribution < -0.4 is 4.90 Å². The third kappa shape index (κ3) is 5.89. The fourth-order valence-electron chi connectivity index (χ4n) is 7.82. The summed E-state index contributed by atoms with van der Waals surface area (Å²) in [5.74, 6) is -0.455. The number of nitrogens with zero attached hydrogens (tertiary/aromatic N) is 1. The summed E-state index contributed by atoms with van der Waals surface area (Å²) in [6.45, 7) is 0. The fourth-order valence-corrected chi connectivity index (χ4v) is 7.82. The Balaban J connectivity index is 1.00. The number of Topliss-reactive ketones (excluding diaryl/α,β-unsaturated/α-hetero) is 2. The molecule has 9 aromatic carbocycles. The molecule has 0 amide bonds. The average Bonchev–Trinajstić information content (AvgIpc) is 3.47. The highest BCUT2D eigenvalue weighted by molar-refractivity contribution is 6.42. The maximum Gasteiger partial charge on any atom is 0.197 e. The number of carbonyl (C=O) groups excluding carboxylic acids is 2. The summed E-state index contributed by atoms with van der Waals surface area (Å²) in [7, 11) is 0. The number of ketones is 2. The van der Waals surface area contributed by atoms with E-state index >= 15 is 0 Å². The number of rotatable bonds is 6. The fraction of sp³-hybridized carbons (Fsp3) is 0. The highest BCUT2D eigenvalue weighted by Gasteiger charge is 2.33. The van der Waals surface area contributed by atoms with Crippen molar-refractivity contribution in [2.24, 2.45) is 0 Å². The molecule has 0 radical (unpaired) electrons. The first-order valence-electron chi connectivity index (χ1n) is 18.5. The first kappa shape index (κ1) is 32.3. The number of fused-ring (bicyclic) bond motifs is 4. The van der Waals surface area contributed by atoms with Crippen LogP contribution in [0.5, 0.6) is 0 Å². The molecule has 0 saturated carbocycles. The van der Waals surface area contributed by atoms with Gasteiger partial charge in [0, 0.05) is 28.2 Å². The van der Waals surface area contributed by atoms with E-state index in [9.17, 15) is 9.59 Å². The van der Waals surface area contributed by atoms with Crippen molar-refractivity contribution in [3.63, 3.8) is 0 Å². The summed E-state index contributed by atoms with van der Waals surface area (Å²) >= 11 is 0. The van der Waals surface area contributed by atoms with Crippen LogP contribution in [0.4, 0.5) is 17.1 Å².